The minimum absolute atomic E-state index is 0.0826. The zero-order valence-corrected chi connectivity index (χ0v) is 11.4. The highest BCUT2D eigenvalue weighted by molar-refractivity contribution is 6.07. The molecule has 2 aromatic rings. The lowest BCUT2D eigenvalue weighted by molar-refractivity contribution is 0.0770. The Hall–Kier alpha value is -2.63. The van der Waals surface area contributed by atoms with Crippen LogP contribution in [0.3, 0.4) is 0 Å². The molecule has 21 heavy (non-hydrogen) atoms. The summed E-state index contributed by atoms with van der Waals surface area (Å²) in [6, 6.07) is 8.90. The van der Waals surface area contributed by atoms with E-state index in [0.717, 1.165) is 17.3 Å². The molecule has 1 aliphatic heterocycles. The second-order valence-corrected chi connectivity index (χ2v) is 5.06. The van der Waals surface area contributed by atoms with Crippen LogP contribution in [0.1, 0.15) is 23.2 Å². The molecule has 108 valence electrons. The molecule has 1 unspecified atom stereocenters. The van der Waals surface area contributed by atoms with Crippen molar-refractivity contribution in [3.05, 3.63) is 42.1 Å². The van der Waals surface area contributed by atoms with Crippen molar-refractivity contribution in [2.24, 2.45) is 10.9 Å². The average Bonchev–Trinajstić information content (AvgIpc) is 3.02. The third-order valence-electron chi connectivity index (χ3n) is 3.85. The van der Waals surface area contributed by atoms with Crippen LogP contribution in [0.25, 0.3) is 10.9 Å². The maximum atomic E-state index is 12.8. The Kier molecular flexibility index (Phi) is 3.43. The van der Waals surface area contributed by atoms with Crippen molar-refractivity contribution < 1.29 is 10.0 Å². The van der Waals surface area contributed by atoms with Crippen molar-refractivity contribution in [2.45, 2.75) is 18.9 Å². The molecule has 1 amide bonds. The second kappa shape index (κ2) is 5.40. The van der Waals surface area contributed by atoms with Crippen molar-refractivity contribution in [3.63, 3.8) is 0 Å². The van der Waals surface area contributed by atoms with Gasteiger partial charge in [-0.25, -0.2) is 0 Å². The van der Waals surface area contributed by atoms with Gasteiger partial charge in [-0.15, -0.1) is 0 Å². The van der Waals surface area contributed by atoms with Gasteiger partial charge in [0.05, 0.1) is 17.1 Å². The van der Waals surface area contributed by atoms with E-state index in [1.165, 1.54) is 0 Å². The summed E-state index contributed by atoms with van der Waals surface area (Å²) in [5, 5.41) is 12.7. The monoisotopic (exact) mass is 284 g/mol. The van der Waals surface area contributed by atoms with Crippen LogP contribution in [-0.4, -0.2) is 39.4 Å². The highest BCUT2D eigenvalue weighted by Gasteiger charge is 2.32. The molecule has 0 saturated carbocycles. The SMILES string of the molecule is N/C(=N/O)C1CCCN1C(=O)c1ccnc2ccccc12. The number of rotatable bonds is 2. The Labute approximate surface area is 121 Å². The molecule has 1 atom stereocenters. The molecule has 1 saturated heterocycles. The summed E-state index contributed by atoms with van der Waals surface area (Å²) in [7, 11) is 0. The number of likely N-dealkylation sites (tertiary alicyclic amines) is 1. The van der Waals surface area contributed by atoms with Crippen molar-refractivity contribution >= 4 is 22.6 Å². The van der Waals surface area contributed by atoms with Crippen molar-refractivity contribution in [2.75, 3.05) is 6.54 Å². The van der Waals surface area contributed by atoms with E-state index in [9.17, 15) is 4.79 Å². The van der Waals surface area contributed by atoms with E-state index in [2.05, 4.69) is 10.1 Å². The van der Waals surface area contributed by atoms with Gasteiger partial charge < -0.3 is 15.8 Å². The van der Waals surface area contributed by atoms with E-state index in [0.29, 0.717) is 18.5 Å². The van der Waals surface area contributed by atoms with E-state index in [1.807, 2.05) is 24.3 Å². The number of hydrogen-bond donors (Lipinski definition) is 2. The molecule has 0 spiro atoms. The first-order valence-corrected chi connectivity index (χ1v) is 6.84. The van der Waals surface area contributed by atoms with Gasteiger partial charge in [0.1, 0.15) is 0 Å². The molecule has 1 aromatic heterocycles. The number of oxime groups is 1. The summed E-state index contributed by atoms with van der Waals surface area (Å²) in [6.07, 6.45) is 3.18. The van der Waals surface area contributed by atoms with E-state index in [4.69, 9.17) is 10.9 Å². The highest BCUT2D eigenvalue weighted by Crippen LogP contribution is 2.23. The standard InChI is InChI=1S/C15H16N4O2/c16-14(18-21)13-6-3-9-19(13)15(20)11-7-8-17-12-5-2-1-4-10(11)12/h1-2,4-5,7-8,13,21H,3,6,9H2,(H2,16,18). The minimum atomic E-state index is -0.338. The van der Waals surface area contributed by atoms with Gasteiger partial charge in [-0.3, -0.25) is 9.78 Å². The van der Waals surface area contributed by atoms with Crippen molar-refractivity contribution in [1.82, 2.24) is 9.88 Å². The molecular formula is C15H16N4O2. The van der Waals surface area contributed by atoms with E-state index in [-0.39, 0.29) is 17.8 Å². The lowest BCUT2D eigenvalue weighted by Gasteiger charge is -2.24. The largest absolute Gasteiger partial charge is 0.409 e. The van der Waals surface area contributed by atoms with Crippen molar-refractivity contribution in [1.29, 1.82) is 0 Å². The van der Waals surface area contributed by atoms with Gasteiger partial charge in [0.25, 0.3) is 5.91 Å². The van der Waals surface area contributed by atoms with Gasteiger partial charge in [-0.2, -0.15) is 0 Å². The summed E-state index contributed by atoms with van der Waals surface area (Å²) in [4.78, 5) is 18.7. The first kappa shape index (κ1) is 13.4. The number of nitrogens with two attached hydrogens (primary N) is 1. The van der Waals surface area contributed by atoms with Gasteiger partial charge in [0, 0.05) is 18.1 Å². The number of amides is 1. The van der Waals surface area contributed by atoms with Gasteiger partial charge in [-0.1, -0.05) is 23.4 Å². The number of hydrogen-bond acceptors (Lipinski definition) is 4. The number of aromatic nitrogens is 1. The zero-order valence-electron chi connectivity index (χ0n) is 11.4. The molecule has 6 nitrogen and oxygen atoms in total. The number of amidine groups is 1. The van der Waals surface area contributed by atoms with Crippen LogP contribution < -0.4 is 5.73 Å². The fraction of sp³-hybridized carbons (Fsp3) is 0.267. The predicted octanol–water partition coefficient (Wildman–Crippen LogP) is 1.59. The number of fused-ring (bicyclic) bond motifs is 1. The molecule has 1 fully saturated rings. The Balaban J connectivity index is 2.01. The van der Waals surface area contributed by atoms with Crippen LogP contribution in [-0.2, 0) is 0 Å². The van der Waals surface area contributed by atoms with Crippen molar-refractivity contribution in [3.8, 4) is 0 Å². The Morgan fingerprint density at radius 2 is 2.19 bits per heavy atom. The van der Waals surface area contributed by atoms with Gasteiger partial charge in [0.2, 0.25) is 0 Å². The first-order chi connectivity index (χ1) is 10.2. The van der Waals surface area contributed by atoms with Crippen LogP contribution in [0.2, 0.25) is 0 Å². The normalized spacial score (nSPS) is 19.1. The van der Waals surface area contributed by atoms with Crippen LogP contribution in [0.4, 0.5) is 0 Å². The Bertz CT molecular complexity index is 708. The number of pyridine rings is 1. The summed E-state index contributed by atoms with van der Waals surface area (Å²) >= 11 is 0. The molecule has 3 rings (SSSR count). The van der Waals surface area contributed by atoms with E-state index in [1.54, 1.807) is 17.2 Å². The third kappa shape index (κ3) is 2.29. The second-order valence-electron chi connectivity index (χ2n) is 5.06. The van der Waals surface area contributed by atoms with E-state index >= 15 is 0 Å². The number of carbonyl (C=O) groups is 1. The zero-order chi connectivity index (χ0) is 14.8. The molecule has 0 radical (unpaired) electrons. The fourth-order valence-corrected chi connectivity index (χ4v) is 2.82. The molecule has 6 heteroatoms. The van der Waals surface area contributed by atoms with Crippen LogP contribution in [0.15, 0.2) is 41.7 Å². The predicted molar refractivity (Wildman–Crippen MR) is 79.2 cm³/mol. The van der Waals surface area contributed by atoms with Crippen LogP contribution in [0.5, 0.6) is 0 Å². The molecule has 1 aromatic carbocycles. The van der Waals surface area contributed by atoms with Crippen LogP contribution in [0, 0.1) is 0 Å². The van der Waals surface area contributed by atoms with Gasteiger partial charge >= 0.3 is 0 Å². The highest BCUT2D eigenvalue weighted by atomic mass is 16.4. The summed E-state index contributed by atoms with van der Waals surface area (Å²) in [5.74, 6) is -0.0260. The third-order valence-corrected chi connectivity index (χ3v) is 3.85. The minimum Gasteiger partial charge on any atom is -0.409 e. The molecule has 1 aliphatic rings. The van der Waals surface area contributed by atoms with E-state index < -0.39 is 0 Å². The fourth-order valence-electron chi connectivity index (χ4n) is 2.82. The summed E-state index contributed by atoms with van der Waals surface area (Å²) < 4.78 is 0. The van der Waals surface area contributed by atoms with Gasteiger partial charge in [-0.05, 0) is 25.0 Å². The van der Waals surface area contributed by atoms with Gasteiger partial charge in [0.15, 0.2) is 5.84 Å². The lowest BCUT2D eigenvalue weighted by atomic mass is 10.1. The molecular weight excluding hydrogens is 268 g/mol. The number of benzene rings is 1. The maximum absolute atomic E-state index is 12.8. The maximum Gasteiger partial charge on any atom is 0.255 e. The smallest absolute Gasteiger partial charge is 0.255 e. The Morgan fingerprint density at radius 1 is 1.38 bits per heavy atom. The molecule has 0 bridgehead atoms. The number of nitrogens with zero attached hydrogens (tertiary/aromatic N) is 3. The molecule has 0 aliphatic carbocycles. The molecule has 3 N–H and O–H groups in total. The lowest BCUT2D eigenvalue weighted by Crippen LogP contribution is -2.43. The first-order valence-electron chi connectivity index (χ1n) is 6.84. The Morgan fingerprint density at radius 3 is 3.00 bits per heavy atom. The summed E-state index contributed by atoms with van der Waals surface area (Å²) in [6.45, 7) is 0.608. The average molecular weight is 284 g/mol. The quantitative estimate of drug-likeness (QED) is 0.379. The van der Waals surface area contributed by atoms with Crippen LogP contribution >= 0.6 is 0 Å². The number of para-hydroxylation sites is 1. The molecule has 2 heterocycles. The topological polar surface area (TPSA) is 91.8 Å². The summed E-state index contributed by atoms with van der Waals surface area (Å²) in [5.41, 5.74) is 7.07. The number of carbonyl (C=O) groups excluding carboxylic acids is 1.